The molecule has 6 heteroatoms. The maximum Gasteiger partial charge on any atom is 0.223 e. The van der Waals surface area contributed by atoms with Gasteiger partial charge in [-0.2, -0.15) is 0 Å². The van der Waals surface area contributed by atoms with Crippen LogP contribution >= 0.6 is 0 Å². The number of hydrogen-bond donors (Lipinski definition) is 3. The van der Waals surface area contributed by atoms with Crippen LogP contribution in [0.2, 0.25) is 0 Å². The lowest BCUT2D eigenvalue weighted by Gasteiger charge is -2.19. The summed E-state index contributed by atoms with van der Waals surface area (Å²) in [6.45, 7) is -0.138. The van der Waals surface area contributed by atoms with Crippen LogP contribution in [0.25, 0.3) is 0 Å². The molecule has 2 rings (SSSR count). The van der Waals surface area contributed by atoms with E-state index in [0.717, 1.165) is 12.1 Å². The molecule has 0 fully saturated rings. The largest absolute Gasteiger partial charge is 0.503 e. The van der Waals surface area contributed by atoms with Crippen molar-refractivity contribution in [3.8, 4) is 5.75 Å². The van der Waals surface area contributed by atoms with Crippen LogP contribution in [0.15, 0.2) is 41.3 Å². The monoisotopic (exact) mass is 279 g/mol. The standard InChI is InChI=1S/C14H14FNO4/c15-10-3-1-2-9(8-10)13(19)12-14(20)11(18)4-5-16(12)6-7-17/h1-5,8,13,17,19-20H,6-7H2. The van der Waals surface area contributed by atoms with E-state index < -0.39 is 23.1 Å². The van der Waals surface area contributed by atoms with Crippen LogP contribution in [0.5, 0.6) is 5.75 Å². The van der Waals surface area contributed by atoms with Crippen LogP contribution < -0.4 is 5.43 Å². The van der Waals surface area contributed by atoms with Gasteiger partial charge >= 0.3 is 0 Å². The Balaban J connectivity index is 2.55. The second-order valence-electron chi connectivity index (χ2n) is 4.29. The van der Waals surface area contributed by atoms with Crippen LogP contribution in [0.1, 0.15) is 17.4 Å². The van der Waals surface area contributed by atoms with Gasteiger partial charge in [0, 0.05) is 18.8 Å². The summed E-state index contributed by atoms with van der Waals surface area (Å²) in [6.07, 6.45) is -0.0120. The minimum absolute atomic E-state index is 0.0721. The molecule has 0 spiro atoms. The lowest BCUT2D eigenvalue weighted by Crippen LogP contribution is -2.18. The normalized spacial score (nSPS) is 12.3. The summed E-state index contributed by atoms with van der Waals surface area (Å²) < 4.78 is 14.5. The van der Waals surface area contributed by atoms with Crippen molar-refractivity contribution in [2.24, 2.45) is 0 Å². The Labute approximate surface area is 114 Å². The zero-order chi connectivity index (χ0) is 14.7. The van der Waals surface area contributed by atoms with Gasteiger partial charge in [-0.1, -0.05) is 12.1 Å². The molecule has 2 aromatic rings. The summed E-state index contributed by atoms with van der Waals surface area (Å²) in [7, 11) is 0. The van der Waals surface area contributed by atoms with E-state index >= 15 is 0 Å². The second-order valence-corrected chi connectivity index (χ2v) is 4.29. The maximum atomic E-state index is 13.2. The third-order valence-electron chi connectivity index (χ3n) is 2.96. The van der Waals surface area contributed by atoms with E-state index in [9.17, 15) is 19.4 Å². The van der Waals surface area contributed by atoms with Crippen molar-refractivity contribution in [3.05, 3.63) is 63.8 Å². The lowest BCUT2D eigenvalue weighted by molar-refractivity contribution is 0.196. The van der Waals surface area contributed by atoms with Gasteiger partial charge in [-0.3, -0.25) is 4.79 Å². The fraction of sp³-hybridized carbons (Fsp3) is 0.214. The van der Waals surface area contributed by atoms with Gasteiger partial charge in [-0.05, 0) is 17.7 Å². The molecule has 0 saturated heterocycles. The van der Waals surface area contributed by atoms with E-state index in [1.165, 1.54) is 29.0 Å². The molecule has 0 aliphatic carbocycles. The Morgan fingerprint density at radius 3 is 2.70 bits per heavy atom. The van der Waals surface area contributed by atoms with Gasteiger partial charge in [0.2, 0.25) is 5.43 Å². The second kappa shape index (κ2) is 5.85. The van der Waals surface area contributed by atoms with Crippen molar-refractivity contribution in [1.29, 1.82) is 0 Å². The van der Waals surface area contributed by atoms with Crippen LogP contribution in [-0.2, 0) is 6.54 Å². The number of aliphatic hydroxyl groups is 2. The molecule has 20 heavy (non-hydrogen) atoms. The van der Waals surface area contributed by atoms with Crippen LogP contribution in [0.3, 0.4) is 0 Å². The van der Waals surface area contributed by atoms with E-state index in [2.05, 4.69) is 0 Å². The zero-order valence-electron chi connectivity index (χ0n) is 10.5. The number of rotatable bonds is 4. The van der Waals surface area contributed by atoms with Crippen LogP contribution in [-0.4, -0.2) is 26.5 Å². The Kier molecular flexibility index (Phi) is 4.16. The summed E-state index contributed by atoms with van der Waals surface area (Å²) in [5.41, 5.74) is -0.514. The van der Waals surface area contributed by atoms with Crippen molar-refractivity contribution >= 4 is 0 Å². The molecule has 1 unspecified atom stereocenters. The van der Waals surface area contributed by atoms with Gasteiger partial charge in [0.05, 0.1) is 12.3 Å². The van der Waals surface area contributed by atoms with E-state index in [4.69, 9.17) is 5.11 Å². The highest BCUT2D eigenvalue weighted by Crippen LogP contribution is 2.27. The van der Waals surface area contributed by atoms with Gasteiger partial charge in [-0.15, -0.1) is 0 Å². The predicted octanol–water partition coefficient (Wildman–Crippen LogP) is 0.767. The summed E-state index contributed by atoms with van der Waals surface area (Å²) in [4.78, 5) is 11.5. The molecule has 3 N–H and O–H groups in total. The van der Waals surface area contributed by atoms with Gasteiger partial charge in [0.15, 0.2) is 5.75 Å². The number of aromatic nitrogens is 1. The summed E-state index contributed by atoms with van der Waals surface area (Å²) in [5.74, 6) is -1.15. The number of nitrogens with zero attached hydrogens (tertiary/aromatic N) is 1. The molecule has 5 nitrogen and oxygen atoms in total. The molecule has 0 bridgehead atoms. The van der Waals surface area contributed by atoms with Crippen molar-refractivity contribution in [2.45, 2.75) is 12.6 Å². The molecule has 0 amide bonds. The van der Waals surface area contributed by atoms with E-state index in [1.807, 2.05) is 0 Å². The molecule has 106 valence electrons. The summed E-state index contributed by atoms with van der Waals surface area (Å²) in [6, 6.07) is 6.37. The van der Waals surface area contributed by atoms with Crippen LogP contribution in [0.4, 0.5) is 4.39 Å². The number of benzene rings is 1. The molecular formula is C14H14FNO4. The van der Waals surface area contributed by atoms with Crippen molar-refractivity contribution in [2.75, 3.05) is 6.61 Å². The van der Waals surface area contributed by atoms with E-state index in [1.54, 1.807) is 0 Å². The minimum atomic E-state index is -1.37. The minimum Gasteiger partial charge on any atom is -0.503 e. The first kappa shape index (κ1) is 14.2. The Morgan fingerprint density at radius 2 is 2.05 bits per heavy atom. The Bertz CT molecular complexity index is 668. The molecule has 1 aromatic heterocycles. The first-order chi connectivity index (χ1) is 9.54. The molecule has 0 saturated carbocycles. The molecule has 1 atom stereocenters. The van der Waals surface area contributed by atoms with E-state index in [0.29, 0.717) is 0 Å². The number of aromatic hydroxyl groups is 1. The topological polar surface area (TPSA) is 82.7 Å². The quantitative estimate of drug-likeness (QED) is 0.772. The SMILES string of the molecule is O=c1ccn(CCO)c(C(O)c2cccc(F)c2)c1O. The fourth-order valence-electron chi connectivity index (χ4n) is 2.00. The number of hydrogen-bond acceptors (Lipinski definition) is 4. The van der Waals surface area contributed by atoms with Gasteiger partial charge in [0.25, 0.3) is 0 Å². The molecule has 1 heterocycles. The van der Waals surface area contributed by atoms with Crippen molar-refractivity contribution < 1.29 is 19.7 Å². The third kappa shape index (κ3) is 2.71. The Morgan fingerprint density at radius 1 is 1.30 bits per heavy atom. The summed E-state index contributed by atoms with van der Waals surface area (Å²) in [5, 5.41) is 29.1. The molecule has 0 aliphatic heterocycles. The average Bonchev–Trinajstić information content (AvgIpc) is 2.43. The molecular weight excluding hydrogens is 265 g/mol. The molecule has 1 aromatic carbocycles. The van der Waals surface area contributed by atoms with Crippen LogP contribution in [0, 0.1) is 5.82 Å². The van der Waals surface area contributed by atoms with Gasteiger partial charge in [-0.25, -0.2) is 4.39 Å². The number of aliphatic hydroxyl groups excluding tert-OH is 2. The number of pyridine rings is 1. The van der Waals surface area contributed by atoms with Crippen molar-refractivity contribution in [1.82, 2.24) is 4.57 Å². The molecule has 0 aliphatic rings. The first-order valence-corrected chi connectivity index (χ1v) is 6.01. The number of halogens is 1. The van der Waals surface area contributed by atoms with Gasteiger partial charge < -0.3 is 19.9 Å². The Hall–Kier alpha value is -2.18. The highest BCUT2D eigenvalue weighted by atomic mass is 19.1. The maximum absolute atomic E-state index is 13.2. The molecule has 0 radical (unpaired) electrons. The average molecular weight is 279 g/mol. The van der Waals surface area contributed by atoms with Gasteiger partial charge in [0.1, 0.15) is 11.9 Å². The third-order valence-corrected chi connectivity index (χ3v) is 2.96. The first-order valence-electron chi connectivity index (χ1n) is 6.01. The fourth-order valence-corrected chi connectivity index (χ4v) is 2.00. The highest BCUT2D eigenvalue weighted by Gasteiger charge is 2.20. The predicted molar refractivity (Wildman–Crippen MR) is 69.9 cm³/mol. The highest BCUT2D eigenvalue weighted by molar-refractivity contribution is 5.35. The van der Waals surface area contributed by atoms with Crippen molar-refractivity contribution in [3.63, 3.8) is 0 Å². The summed E-state index contributed by atoms with van der Waals surface area (Å²) >= 11 is 0. The zero-order valence-corrected chi connectivity index (χ0v) is 10.5. The lowest BCUT2D eigenvalue weighted by atomic mass is 10.0. The van der Waals surface area contributed by atoms with E-state index in [-0.39, 0.29) is 24.4 Å². The smallest absolute Gasteiger partial charge is 0.223 e.